The maximum Gasteiger partial charge on any atom is 0.223 e. The van der Waals surface area contributed by atoms with Gasteiger partial charge in [-0.1, -0.05) is 33.1 Å². The zero-order valence-corrected chi connectivity index (χ0v) is 41.6. The molecule has 0 spiro atoms. The Morgan fingerprint density at radius 2 is 1.00 bits per heavy atom. The summed E-state index contributed by atoms with van der Waals surface area (Å²) in [5.74, 6) is 1.33. The molecular formula is C47H95N9O3. The first-order valence-electron chi connectivity index (χ1n) is 23.8. The number of nitrogens with two attached hydrogens (primary N) is 1. The lowest BCUT2D eigenvalue weighted by molar-refractivity contribution is -0.286. The fourth-order valence-corrected chi connectivity index (χ4v) is 11.5. The third-order valence-electron chi connectivity index (χ3n) is 13.0. The molecule has 3 saturated heterocycles. The van der Waals surface area contributed by atoms with Gasteiger partial charge in [0, 0.05) is 71.5 Å². The largest absolute Gasteiger partial charge is 0.369 e. The maximum atomic E-state index is 7.20. The normalized spacial score (nSPS) is 24.4. The van der Waals surface area contributed by atoms with Crippen LogP contribution in [0.2, 0.25) is 0 Å². The van der Waals surface area contributed by atoms with Crippen molar-refractivity contribution in [3.05, 3.63) is 0 Å². The number of hydroxylamine groups is 6. The molecule has 0 aromatic heterocycles. The first-order valence-corrected chi connectivity index (χ1v) is 23.8. The zero-order chi connectivity index (χ0) is 44.5. The molecule has 0 radical (unpaired) electrons. The molecule has 0 unspecified atom stereocenters. The number of aliphatic imine (C=N–C) groups is 2. The van der Waals surface area contributed by atoms with Crippen molar-refractivity contribution in [2.24, 2.45) is 15.7 Å². The smallest absolute Gasteiger partial charge is 0.223 e. The molecule has 0 aliphatic carbocycles. The van der Waals surface area contributed by atoms with Gasteiger partial charge in [-0.05, 0) is 168 Å². The van der Waals surface area contributed by atoms with E-state index in [0.717, 1.165) is 103 Å². The topological polar surface area (TPSA) is 107 Å². The van der Waals surface area contributed by atoms with Crippen LogP contribution in [0.5, 0.6) is 0 Å². The van der Waals surface area contributed by atoms with Gasteiger partial charge in [-0.3, -0.25) is 19.5 Å². The Bertz CT molecular complexity index is 1280. The van der Waals surface area contributed by atoms with E-state index in [9.17, 15) is 0 Å². The molecule has 0 saturated carbocycles. The quantitative estimate of drug-likeness (QED) is 0.0701. The van der Waals surface area contributed by atoms with Gasteiger partial charge in [0.2, 0.25) is 5.96 Å². The Balaban J connectivity index is 1.81. The Morgan fingerprint density at radius 1 is 0.576 bits per heavy atom. The van der Waals surface area contributed by atoms with Crippen LogP contribution < -0.4 is 11.1 Å². The van der Waals surface area contributed by atoms with Crippen LogP contribution in [-0.4, -0.2) is 135 Å². The van der Waals surface area contributed by atoms with Crippen molar-refractivity contribution in [3.63, 3.8) is 0 Å². The van der Waals surface area contributed by atoms with Gasteiger partial charge in [0.25, 0.3) is 0 Å². The molecule has 346 valence electrons. The summed E-state index contributed by atoms with van der Waals surface area (Å²) in [6, 6.07) is 0.964. The fraction of sp³-hybridized carbons (Fsp3) is 0.957. The predicted molar refractivity (Wildman–Crippen MR) is 248 cm³/mol. The minimum Gasteiger partial charge on any atom is -0.369 e. The highest BCUT2D eigenvalue weighted by molar-refractivity contribution is 5.94. The second-order valence-corrected chi connectivity index (χ2v) is 21.8. The summed E-state index contributed by atoms with van der Waals surface area (Å²) >= 11 is 0. The summed E-state index contributed by atoms with van der Waals surface area (Å²) in [6.45, 7) is 41.3. The van der Waals surface area contributed by atoms with Gasteiger partial charge in [-0.25, -0.2) is 0 Å². The summed E-state index contributed by atoms with van der Waals surface area (Å²) in [6.07, 6.45) is 13.7. The highest BCUT2D eigenvalue weighted by Gasteiger charge is 2.50. The minimum absolute atomic E-state index is 0.00767. The van der Waals surface area contributed by atoms with E-state index < -0.39 is 0 Å². The van der Waals surface area contributed by atoms with Crippen molar-refractivity contribution >= 4 is 11.9 Å². The second-order valence-electron chi connectivity index (χ2n) is 21.8. The highest BCUT2D eigenvalue weighted by atomic mass is 16.7. The van der Waals surface area contributed by atoms with Crippen molar-refractivity contribution in [2.45, 2.75) is 246 Å². The number of hydrogen-bond donors (Lipinski definition) is 2. The number of unbranched alkanes of at least 4 members (excludes halogenated alkanes) is 4. The monoisotopic (exact) mass is 834 g/mol. The molecule has 0 atom stereocenters. The summed E-state index contributed by atoms with van der Waals surface area (Å²) in [4.78, 5) is 34.0. The van der Waals surface area contributed by atoms with E-state index in [0.29, 0.717) is 25.2 Å². The third-order valence-corrected chi connectivity index (χ3v) is 13.0. The molecule has 12 nitrogen and oxygen atoms in total. The zero-order valence-electron chi connectivity index (χ0n) is 41.6. The number of nitrogens with one attached hydrogen (secondary N) is 1. The van der Waals surface area contributed by atoms with Crippen LogP contribution in [0.3, 0.4) is 0 Å². The van der Waals surface area contributed by atoms with Crippen molar-refractivity contribution in [1.29, 1.82) is 0 Å². The van der Waals surface area contributed by atoms with Crippen molar-refractivity contribution in [1.82, 2.24) is 30.3 Å². The number of hydrogen-bond acceptors (Lipinski definition) is 8. The van der Waals surface area contributed by atoms with E-state index in [4.69, 9.17) is 30.2 Å². The van der Waals surface area contributed by atoms with Gasteiger partial charge in [-0.15, -0.1) is 0 Å². The number of piperidine rings is 3. The first-order chi connectivity index (χ1) is 27.4. The number of rotatable bonds is 20. The molecule has 3 aliphatic rings. The summed E-state index contributed by atoms with van der Waals surface area (Å²) in [5.41, 5.74) is 6.54. The molecule has 3 fully saturated rings. The van der Waals surface area contributed by atoms with Gasteiger partial charge in [-0.2, -0.15) is 20.2 Å². The molecule has 3 N–H and O–H groups in total. The Hall–Kier alpha value is -1.54. The van der Waals surface area contributed by atoms with E-state index in [2.05, 4.69) is 141 Å². The predicted octanol–water partition coefficient (Wildman–Crippen LogP) is 9.15. The van der Waals surface area contributed by atoms with Crippen LogP contribution in [-0.2, 0) is 14.5 Å². The number of nitrogens with zero attached hydrogens (tertiary/aromatic N) is 7. The molecule has 3 heterocycles. The van der Waals surface area contributed by atoms with Crippen molar-refractivity contribution < 1.29 is 14.5 Å². The Morgan fingerprint density at radius 3 is 1.44 bits per heavy atom. The summed E-state index contributed by atoms with van der Waals surface area (Å²) in [7, 11) is 1.89. The van der Waals surface area contributed by atoms with Gasteiger partial charge in [0.05, 0.1) is 19.8 Å². The lowest BCUT2D eigenvalue weighted by Gasteiger charge is -2.56. The fourth-order valence-electron chi connectivity index (χ4n) is 11.5. The van der Waals surface area contributed by atoms with E-state index >= 15 is 0 Å². The van der Waals surface area contributed by atoms with E-state index in [1.54, 1.807) is 0 Å². The molecule has 12 heteroatoms. The molecule has 59 heavy (non-hydrogen) atoms. The summed E-state index contributed by atoms with van der Waals surface area (Å²) in [5, 5.41) is 10.7. The van der Waals surface area contributed by atoms with E-state index in [-0.39, 0.29) is 45.3 Å². The molecule has 0 aromatic rings. The Kier molecular flexibility index (Phi) is 19.1. The summed E-state index contributed by atoms with van der Waals surface area (Å²) < 4.78 is 0. The molecule has 0 amide bonds. The van der Waals surface area contributed by atoms with Gasteiger partial charge >= 0.3 is 0 Å². The van der Waals surface area contributed by atoms with Crippen LogP contribution >= 0.6 is 0 Å². The van der Waals surface area contributed by atoms with Gasteiger partial charge < -0.3 is 20.9 Å². The van der Waals surface area contributed by atoms with Gasteiger partial charge in [0.15, 0.2) is 5.96 Å². The maximum absolute atomic E-state index is 7.20. The first kappa shape index (κ1) is 51.8. The lowest BCUT2D eigenvalue weighted by Crippen LogP contribution is -2.65. The van der Waals surface area contributed by atoms with E-state index in [1.165, 1.54) is 12.8 Å². The standard InChI is InChI=1S/C47H95N9O3/c1-18-22-28-52(38-33-46(13,14)56(59-30-19-2)47(15,16)34-38)40(48)51-41(49-17)53(39-35-44(9,10)55(58-21-4)45(11,12)36-39)29-26-24-23-25-27-50-37-31-42(5,6)54(57-20-3)43(7,8)32-37/h37-39,50H,18-36H2,1-17H3,(H2,48,49,51). The van der Waals surface area contributed by atoms with Crippen LogP contribution in [0.4, 0.5) is 0 Å². The molecule has 0 bridgehead atoms. The average molecular weight is 834 g/mol. The van der Waals surface area contributed by atoms with Crippen LogP contribution in [0.1, 0.15) is 194 Å². The van der Waals surface area contributed by atoms with E-state index in [1.807, 2.05) is 7.05 Å². The third kappa shape index (κ3) is 13.7. The van der Waals surface area contributed by atoms with Gasteiger partial charge in [0.1, 0.15) is 0 Å². The second kappa shape index (κ2) is 21.7. The van der Waals surface area contributed by atoms with Crippen LogP contribution in [0, 0.1) is 0 Å². The molecule has 0 aromatic carbocycles. The Labute approximate surface area is 363 Å². The highest BCUT2D eigenvalue weighted by Crippen LogP contribution is 2.43. The SMILES string of the molecule is CCCCN(C(N)=NC(=NC)N(CCCCCCNC1CC(C)(C)N(OCC)C(C)(C)C1)C1CC(C)(C)N(OCC)C(C)(C)C1)C1CC(C)(C)N(OCCC)C(C)(C)C1. The molecular weight excluding hydrogens is 739 g/mol. The van der Waals surface area contributed by atoms with Crippen LogP contribution in [0.25, 0.3) is 0 Å². The molecule has 3 rings (SSSR count). The van der Waals surface area contributed by atoms with Crippen molar-refractivity contribution in [2.75, 3.05) is 46.5 Å². The minimum atomic E-state index is -0.166. The average Bonchev–Trinajstić information content (AvgIpc) is 3.10. The number of guanidine groups is 2. The molecule has 3 aliphatic heterocycles. The van der Waals surface area contributed by atoms with Crippen LogP contribution in [0.15, 0.2) is 9.98 Å². The lowest BCUT2D eigenvalue weighted by atomic mass is 9.78. The van der Waals surface area contributed by atoms with Crippen molar-refractivity contribution in [3.8, 4) is 0 Å².